The third-order valence-electron chi connectivity index (χ3n) is 2.05. The number of esters is 1. The first-order valence-electron chi connectivity index (χ1n) is 4.68. The van der Waals surface area contributed by atoms with Crippen LogP contribution in [0.1, 0.15) is 6.92 Å². The molecular formula is C12H11NO2. The van der Waals surface area contributed by atoms with Crippen molar-refractivity contribution >= 4 is 5.97 Å². The van der Waals surface area contributed by atoms with Gasteiger partial charge in [-0.2, -0.15) is 0 Å². The van der Waals surface area contributed by atoms with Crippen molar-refractivity contribution in [3.8, 4) is 0 Å². The number of hydrogen-bond donors (Lipinski definition) is 1. The van der Waals surface area contributed by atoms with Crippen LogP contribution in [0.15, 0.2) is 59.7 Å². The van der Waals surface area contributed by atoms with Crippen LogP contribution in [0.25, 0.3) is 0 Å². The third kappa shape index (κ3) is 2.07. The molecule has 0 aromatic heterocycles. The van der Waals surface area contributed by atoms with E-state index >= 15 is 0 Å². The summed E-state index contributed by atoms with van der Waals surface area (Å²) in [4.78, 5) is 10.9. The highest BCUT2D eigenvalue weighted by Gasteiger charge is 2.12. The molecule has 2 aliphatic rings. The van der Waals surface area contributed by atoms with Gasteiger partial charge in [-0.1, -0.05) is 18.2 Å². The summed E-state index contributed by atoms with van der Waals surface area (Å²) in [5.74, 6) is 0.270. The first-order valence-corrected chi connectivity index (χ1v) is 4.68. The summed E-state index contributed by atoms with van der Waals surface area (Å²) in [6.07, 6.45) is 13.0. The lowest BCUT2D eigenvalue weighted by molar-refractivity contribution is -0.136. The molecule has 0 saturated heterocycles. The first-order chi connectivity index (χ1) is 7.27. The predicted octanol–water partition coefficient (Wildman–Crippen LogP) is 1.93. The van der Waals surface area contributed by atoms with Crippen molar-refractivity contribution in [3.05, 3.63) is 59.7 Å². The zero-order chi connectivity index (χ0) is 10.7. The van der Waals surface area contributed by atoms with Crippen molar-refractivity contribution in [2.75, 3.05) is 0 Å². The van der Waals surface area contributed by atoms with E-state index in [9.17, 15) is 4.79 Å². The minimum Gasteiger partial charge on any atom is -0.426 e. The molecule has 0 fully saturated rings. The van der Waals surface area contributed by atoms with Gasteiger partial charge in [0.05, 0.1) is 0 Å². The van der Waals surface area contributed by atoms with E-state index in [0.717, 1.165) is 11.1 Å². The Balaban J connectivity index is 2.43. The fourth-order valence-corrected chi connectivity index (χ4v) is 1.44. The van der Waals surface area contributed by atoms with Crippen molar-refractivity contribution in [2.24, 2.45) is 0 Å². The number of carbonyl (C=O) groups is 1. The van der Waals surface area contributed by atoms with Crippen LogP contribution in [0.3, 0.4) is 0 Å². The SMILES string of the molecule is CC(=O)OC1=C2C=CNC=C2C=CC=C1. The number of carbonyl (C=O) groups excluding carboxylic acids is 1. The van der Waals surface area contributed by atoms with Crippen LogP contribution in [0.5, 0.6) is 0 Å². The number of rotatable bonds is 1. The van der Waals surface area contributed by atoms with Crippen LogP contribution in [-0.4, -0.2) is 5.97 Å². The summed E-state index contributed by atoms with van der Waals surface area (Å²) in [6.45, 7) is 1.40. The predicted molar refractivity (Wildman–Crippen MR) is 57.4 cm³/mol. The van der Waals surface area contributed by atoms with Gasteiger partial charge in [0.15, 0.2) is 0 Å². The maximum Gasteiger partial charge on any atom is 0.308 e. The lowest BCUT2D eigenvalue weighted by Crippen LogP contribution is -2.06. The number of fused-ring (bicyclic) bond motifs is 1. The molecular weight excluding hydrogens is 190 g/mol. The number of nitrogens with one attached hydrogen (secondary N) is 1. The summed E-state index contributed by atoms with van der Waals surface area (Å²) in [5.41, 5.74) is 1.91. The van der Waals surface area contributed by atoms with Gasteiger partial charge in [0.25, 0.3) is 0 Å². The van der Waals surface area contributed by atoms with E-state index in [2.05, 4.69) is 5.32 Å². The number of hydrogen-bond acceptors (Lipinski definition) is 3. The molecule has 0 unspecified atom stereocenters. The fourth-order valence-electron chi connectivity index (χ4n) is 1.44. The van der Waals surface area contributed by atoms with Crippen molar-refractivity contribution < 1.29 is 9.53 Å². The highest BCUT2D eigenvalue weighted by Crippen LogP contribution is 2.23. The van der Waals surface area contributed by atoms with E-state index in [0.29, 0.717) is 5.76 Å². The van der Waals surface area contributed by atoms with Gasteiger partial charge in [0.1, 0.15) is 5.76 Å². The largest absolute Gasteiger partial charge is 0.426 e. The van der Waals surface area contributed by atoms with E-state index in [-0.39, 0.29) is 5.97 Å². The number of allylic oxidation sites excluding steroid dienone is 7. The van der Waals surface area contributed by atoms with Gasteiger partial charge in [0.2, 0.25) is 0 Å². The average molecular weight is 201 g/mol. The Labute approximate surface area is 88.1 Å². The number of dihydropyridines is 1. The van der Waals surface area contributed by atoms with E-state index in [4.69, 9.17) is 4.74 Å². The maximum atomic E-state index is 10.9. The summed E-state index contributed by atoms with van der Waals surface area (Å²) < 4.78 is 5.13. The topological polar surface area (TPSA) is 38.3 Å². The molecule has 0 radical (unpaired) electrons. The van der Waals surface area contributed by atoms with Crippen LogP contribution in [0.4, 0.5) is 0 Å². The van der Waals surface area contributed by atoms with E-state index in [1.807, 2.05) is 30.5 Å². The molecule has 1 heterocycles. The minimum absolute atomic E-state index is 0.310. The molecule has 2 rings (SSSR count). The summed E-state index contributed by atoms with van der Waals surface area (Å²) in [5, 5.41) is 2.99. The zero-order valence-corrected chi connectivity index (χ0v) is 8.36. The zero-order valence-electron chi connectivity index (χ0n) is 8.36. The van der Waals surface area contributed by atoms with Crippen molar-refractivity contribution in [3.63, 3.8) is 0 Å². The van der Waals surface area contributed by atoms with Crippen LogP contribution in [0, 0.1) is 0 Å². The molecule has 0 bridgehead atoms. The molecule has 0 amide bonds. The molecule has 15 heavy (non-hydrogen) atoms. The smallest absolute Gasteiger partial charge is 0.308 e. The van der Waals surface area contributed by atoms with Crippen LogP contribution < -0.4 is 5.32 Å². The molecule has 76 valence electrons. The monoisotopic (exact) mass is 201 g/mol. The Morgan fingerprint density at radius 2 is 2.07 bits per heavy atom. The molecule has 0 saturated carbocycles. The Morgan fingerprint density at radius 3 is 2.87 bits per heavy atom. The summed E-state index contributed by atoms with van der Waals surface area (Å²) in [6, 6.07) is 0. The minimum atomic E-state index is -0.310. The second-order valence-corrected chi connectivity index (χ2v) is 3.19. The maximum absolute atomic E-state index is 10.9. The van der Waals surface area contributed by atoms with Crippen molar-refractivity contribution in [1.82, 2.24) is 5.32 Å². The first kappa shape index (κ1) is 9.52. The van der Waals surface area contributed by atoms with Crippen LogP contribution in [0.2, 0.25) is 0 Å². The quantitative estimate of drug-likeness (QED) is 0.659. The molecule has 0 aromatic rings. The molecule has 0 atom stereocenters. The lowest BCUT2D eigenvalue weighted by Gasteiger charge is -2.12. The molecule has 1 aliphatic carbocycles. The third-order valence-corrected chi connectivity index (χ3v) is 2.05. The molecule has 0 spiro atoms. The highest BCUT2D eigenvalue weighted by atomic mass is 16.5. The average Bonchev–Trinajstić information content (AvgIpc) is 2.41. The van der Waals surface area contributed by atoms with Gasteiger partial charge in [-0.05, 0) is 12.2 Å². The normalized spacial score (nSPS) is 17.8. The van der Waals surface area contributed by atoms with Gasteiger partial charge < -0.3 is 10.1 Å². The highest BCUT2D eigenvalue weighted by molar-refractivity contribution is 5.69. The van der Waals surface area contributed by atoms with Crippen molar-refractivity contribution in [1.29, 1.82) is 0 Å². The van der Waals surface area contributed by atoms with Gasteiger partial charge in [0, 0.05) is 30.5 Å². The van der Waals surface area contributed by atoms with Gasteiger partial charge in [-0.3, -0.25) is 4.79 Å². The molecule has 3 nitrogen and oxygen atoms in total. The lowest BCUT2D eigenvalue weighted by atomic mass is 10.0. The van der Waals surface area contributed by atoms with E-state index < -0.39 is 0 Å². The number of ether oxygens (including phenoxy) is 1. The molecule has 0 aromatic carbocycles. The standard InChI is InChI=1S/C12H11NO2/c1-9(14)15-12-5-3-2-4-10-8-13-7-6-11(10)12/h2-8,13H,1H3. The van der Waals surface area contributed by atoms with Gasteiger partial charge >= 0.3 is 5.97 Å². The molecule has 1 aliphatic heterocycles. The second-order valence-electron chi connectivity index (χ2n) is 3.19. The summed E-state index contributed by atoms with van der Waals surface area (Å²) in [7, 11) is 0. The van der Waals surface area contributed by atoms with E-state index in [1.165, 1.54) is 6.92 Å². The van der Waals surface area contributed by atoms with Crippen molar-refractivity contribution in [2.45, 2.75) is 6.92 Å². The van der Waals surface area contributed by atoms with Crippen LogP contribution in [-0.2, 0) is 9.53 Å². The summed E-state index contributed by atoms with van der Waals surface area (Å²) >= 11 is 0. The Kier molecular flexibility index (Phi) is 2.54. The van der Waals surface area contributed by atoms with E-state index in [1.54, 1.807) is 12.3 Å². The van der Waals surface area contributed by atoms with Crippen LogP contribution >= 0.6 is 0 Å². The Morgan fingerprint density at radius 1 is 1.27 bits per heavy atom. The Bertz CT molecular complexity index is 437. The fraction of sp³-hybridized carbons (Fsp3) is 0.0833. The van der Waals surface area contributed by atoms with Gasteiger partial charge in [-0.15, -0.1) is 0 Å². The second kappa shape index (κ2) is 4.00. The molecule has 1 N–H and O–H groups in total. The van der Waals surface area contributed by atoms with Gasteiger partial charge in [-0.25, -0.2) is 0 Å². The Hall–Kier alpha value is -2.03. The molecule has 3 heteroatoms.